The number of imide groups is 1. The Balaban J connectivity index is 1.60. The number of nitrogens with one attached hydrogen (secondary N) is 1. The molecule has 0 atom stereocenters. The second-order valence-corrected chi connectivity index (χ2v) is 8.52. The lowest BCUT2D eigenvalue weighted by molar-refractivity contribution is -0.116. The molecule has 9 heteroatoms. The topological polar surface area (TPSA) is 102 Å². The number of ether oxygens (including phenoxy) is 2. The first-order valence-electron chi connectivity index (χ1n) is 10.5. The number of hydrogen-bond donors (Lipinski definition) is 1. The van der Waals surface area contributed by atoms with Gasteiger partial charge >= 0.3 is 5.97 Å². The number of carbonyl (C=O) groups excluding carboxylic acids is 4. The van der Waals surface area contributed by atoms with E-state index in [2.05, 4.69) is 5.32 Å². The summed E-state index contributed by atoms with van der Waals surface area (Å²) in [5.74, 6) is -1.96. The van der Waals surface area contributed by atoms with Gasteiger partial charge < -0.3 is 14.8 Å². The van der Waals surface area contributed by atoms with Gasteiger partial charge in [-0.05, 0) is 38.3 Å². The summed E-state index contributed by atoms with van der Waals surface area (Å²) in [6.45, 7) is 5.19. The average Bonchev–Trinajstić information content (AvgIpc) is 3.09. The molecule has 1 aromatic heterocycles. The lowest BCUT2D eigenvalue weighted by atomic mass is 9.94. The molecule has 170 valence electrons. The first-order valence-corrected chi connectivity index (χ1v) is 11.3. The van der Waals surface area contributed by atoms with Crippen molar-refractivity contribution in [2.75, 3.05) is 25.1 Å². The molecule has 2 heterocycles. The number of hydrogen-bond acceptors (Lipinski definition) is 7. The number of esters is 1. The molecule has 8 nitrogen and oxygen atoms in total. The number of benzene rings is 2. The third-order valence-electron chi connectivity index (χ3n) is 5.22. The van der Waals surface area contributed by atoms with Gasteiger partial charge in [-0.3, -0.25) is 19.3 Å². The van der Waals surface area contributed by atoms with Crippen molar-refractivity contribution in [3.8, 4) is 5.75 Å². The Morgan fingerprint density at radius 3 is 2.21 bits per heavy atom. The highest BCUT2D eigenvalue weighted by molar-refractivity contribution is 7.17. The second-order valence-electron chi connectivity index (χ2n) is 7.30. The Kier molecular flexibility index (Phi) is 6.15. The molecular weight excluding hydrogens is 444 g/mol. The third kappa shape index (κ3) is 3.95. The minimum absolute atomic E-state index is 0.203. The molecule has 0 bridgehead atoms. The first-order chi connectivity index (χ1) is 15.9. The Morgan fingerprint density at radius 1 is 1.00 bits per heavy atom. The average molecular weight is 467 g/mol. The van der Waals surface area contributed by atoms with Gasteiger partial charge in [-0.2, -0.15) is 0 Å². The number of rotatable bonds is 7. The summed E-state index contributed by atoms with van der Waals surface area (Å²) in [7, 11) is 0. The number of thiophene rings is 1. The fourth-order valence-electron chi connectivity index (χ4n) is 3.86. The van der Waals surface area contributed by atoms with Crippen LogP contribution in [-0.2, 0) is 9.53 Å². The largest absolute Gasteiger partial charge is 0.490 e. The van der Waals surface area contributed by atoms with Crippen LogP contribution in [-0.4, -0.2) is 48.3 Å². The van der Waals surface area contributed by atoms with E-state index in [1.165, 1.54) is 11.3 Å². The van der Waals surface area contributed by atoms with E-state index in [1.54, 1.807) is 45.0 Å². The van der Waals surface area contributed by atoms with Crippen LogP contribution in [0.3, 0.4) is 0 Å². The summed E-state index contributed by atoms with van der Waals surface area (Å²) >= 11 is 1.17. The lowest BCUT2D eigenvalue weighted by Gasteiger charge is -2.26. The molecule has 3 amide bonds. The monoisotopic (exact) mass is 466 g/mol. The van der Waals surface area contributed by atoms with Crippen molar-refractivity contribution in [1.82, 2.24) is 4.90 Å². The lowest BCUT2D eigenvalue weighted by Crippen LogP contribution is -2.44. The molecule has 4 rings (SSSR count). The molecule has 0 saturated heterocycles. The highest BCUT2D eigenvalue weighted by Gasteiger charge is 2.34. The zero-order valence-corrected chi connectivity index (χ0v) is 19.2. The normalized spacial score (nSPS) is 12.8. The molecule has 0 saturated carbocycles. The van der Waals surface area contributed by atoms with Crippen LogP contribution in [0.2, 0.25) is 0 Å². The van der Waals surface area contributed by atoms with Gasteiger partial charge in [-0.1, -0.05) is 24.3 Å². The minimum Gasteiger partial charge on any atom is -0.490 e. The highest BCUT2D eigenvalue weighted by atomic mass is 32.1. The molecule has 0 fully saturated rings. The number of carbonyl (C=O) groups is 4. The summed E-state index contributed by atoms with van der Waals surface area (Å²) in [4.78, 5) is 52.9. The fourth-order valence-corrected chi connectivity index (χ4v) is 4.86. The zero-order valence-electron chi connectivity index (χ0n) is 18.4. The van der Waals surface area contributed by atoms with Crippen molar-refractivity contribution < 1.29 is 28.7 Å². The predicted molar refractivity (Wildman–Crippen MR) is 124 cm³/mol. The van der Waals surface area contributed by atoms with Gasteiger partial charge in [0, 0.05) is 21.4 Å². The number of amides is 3. The smallest absolute Gasteiger partial charge is 0.343 e. The molecule has 3 aromatic rings. The van der Waals surface area contributed by atoms with Crippen molar-refractivity contribution in [3.63, 3.8) is 0 Å². The Labute approximate surface area is 194 Å². The molecule has 2 aromatic carbocycles. The Hall–Kier alpha value is -3.72. The molecule has 1 N–H and O–H groups in total. The van der Waals surface area contributed by atoms with Gasteiger partial charge in [0.15, 0.2) is 5.75 Å². The zero-order chi connectivity index (χ0) is 23.7. The summed E-state index contributed by atoms with van der Waals surface area (Å²) in [6, 6.07) is 10.4. The van der Waals surface area contributed by atoms with Gasteiger partial charge in [0.25, 0.3) is 11.8 Å². The van der Waals surface area contributed by atoms with Gasteiger partial charge in [-0.25, -0.2) is 4.79 Å². The maximum atomic E-state index is 13.0. The van der Waals surface area contributed by atoms with Crippen LogP contribution >= 0.6 is 11.3 Å². The Bertz CT molecular complexity index is 1240. The van der Waals surface area contributed by atoms with Crippen molar-refractivity contribution in [2.24, 2.45) is 0 Å². The van der Waals surface area contributed by atoms with Crippen molar-refractivity contribution in [3.05, 3.63) is 58.0 Å². The summed E-state index contributed by atoms with van der Waals surface area (Å²) < 4.78 is 10.7. The molecule has 33 heavy (non-hydrogen) atoms. The van der Waals surface area contributed by atoms with Gasteiger partial charge in [0.1, 0.15) is 17.1 Å². The van der Waals surface area contributed by atoms with E-state index in [0.717, 1.165) is 10.3 Å². The van der Waals surface area contributed by atoms with Crippen LogP contribution in [0, 0.1) is 6.92 Å². The van der Waals surface area contributed by atoms with Crippen molar-refractivity contribution in [2.45, 2.75) is 20.8 Å². The highest BCUT2D eigenvalue weighted by Crippen LogP contribution is 2.40. The van der Waals surface area contributed by atoms with Crippen LogP contribution in [0.25, 0.3) is 10.8 Å². The Morgan fingerprint density at radius 2 is 1.64 bits per heavy atom. The molecule has 0 spiro atoms. The molecule has 0 aliphatic carbocycles. The first kappa shape index (κ1) is 22.5. The molecule has 0 unspecified atom stereocenters. The predicted octanol–water partition coefficient (Wildman–Crippen LogP) is 4.02. The van der Waals surface area contributed by atoms with E-state index in [1.807, 2.05) is 12.1 Å². The van der Waals surface area contributed by atoms with E-state index < -0.39 is 30.2 Å². The molecule has 0 radical (unpaired) electrons. The van der Waals surface area contributed by atoms with Gasteiger partial charge in [0.2, 0.25) is 5.91 Å². The van der Waals surface area contributed by atoms with E-state index >= 15 is 0 Å². The van der Waals surface area contributed by atoms with Crippen molar-refractivity contribution in [1.29, 1.82) is 0 Å². The van der Waals surface area contributed by atoms with Crippen molar-refractivity contribution >= 4 is 50.8 Å². The van der Waals surface area contributed by atoms with Crippen LogP contribution in [0.15, 0.2) is 36.4 Å². The van der Waals surface area contributed by atoms with Gasteiger partial charge in [0.05, 0.1) is 13.2 Å². The van der Waals surface area contributed by atoms with Crippen LogP contribution in [0.5, 0.6) is 5.75 Å². The van der Waals surface area contributed by atoms with Crippen LogP contribution < -0.4 is 10.1 Å². The summed E-state index contributed by atoms with van der Waals surface area (Å²) in [5, 5.41) is 4.40. The van der Waals surface area contributed by atoms with Crippen LogP contribution in [0.4, 0.5) is 5.00 Å². The number of aryl methyl sites for hydroxylation is 1. The van der Waals surface area contributed by atoms with E-state index in [9.17, 15) is 19.2 Å². The quantitative estimate of drug-likeness (QED) is 0.417. The summed E-state index contributed by atoms with van der Waals surface area (Å²) in [6.07, 6.45) is 0. The number of anilines is 1. The van der Waals surface area contributed by atoms with Gasteiger partial charge in [-0.15, -0.1) is 11.3 Å². The third-order valence-corrected chi connectivity index (χ3v) is 6.22. The summed E-state index contributed by atoms with van der Waals surface area (Å²) in [5.41, 5.74) is 1.01. The van der Waals surface area contributed by atoms with E-state index in [-0.39, 0.29) is 24.5 Å². The fraction of sp³-hybridized carbons (Fsp3) is 0.250. The van der Waals surface area contributed by atoms with Crippen LogP contribution in [0.1, 0.15) is 49.8 Å². The SMILES string of the molecule is CCOC(=O)c1c(C)sc(NC(=O)CN2C(=O)c3cccc4cccc(c34)C2=O)c1OCC. The minimum atomic E-state index is -0.583. The maximum absolute atomic E-state index is 13.0. The number of nitrogens with zero attached hydrogens (tertiary/aromatic N) is 1. The second kappa shape index (κ2) is 9.03. The molecular formula is C24H22N2O6S. The van der Waals surface area contributed by atoms with E-state index in [4.69, 9.17) is 9.47 Å². The standard InChI is InChI=1S/C24H22N2O6S/c1-4-31-20-18(24(30)32-5-2)13(3)33-21(20)25-17(27)12-26-22(28)15-10-6-8-14-9-7-11-16(19(14)15)23(26)29/h6-11H,4-5,12H2,1-3H3,(H,25,27). The van der Waals surface area contributed by atoms with E-state index in [0.29, 0.717) is 26.4 Å². The molecule has 1 aliphatic heterocycles. The maximum Gasteiger partial charge on any atom is 0.343 e. The molecule has 1 aliphatic rings.